The van der Waals surface area contributed by atoms with Gasteiger partial charge in [0.25, 0.3) is 0 Å². The Kier molecular flexibility index (Phi) is 3.29. The topological polar surface area (TPSA) is 61.3 Å². The van der Waals surface area contributed by atoms with Gasteiger partial charge in [-0.2, -0.15) is 0 Å². The number of benzene rings is 2. The average Bonchev–Trinajstić information content (AvgIpc) is 2.89. The van der Waals surface area contributed by atoms with E-state index >= 15 is 0 Å². The Morgan fingerprint density at radius 3 is 2.75 bits per heavy atom. The first-order chi connectivity index (χ1) is 9.78. The summed E-state index contributed by atoms with van der Waals surface area (Å²) in [6.45, 7) is 0. The molecule has 20 heavy (non-hydrogen) atoms. The standard InChI is InChI=1S/C16H16N2O2/c1-19-13-7-4-8-14-16(13)18-15(20-14)10-9-11-5-2-3-6-12(11)17/h2-8H,9-10,17H2,1H3. The van der Waals surface area contributed by atoms with Gasteiger partial charge in [-0.25, -0.2) is 4.98 Å². The number of oxazole rings is 1. The summed E-state index contributed by atoms with van der Waals surface area (Å²) < 4.78 is 11.0. The van der Waals surface area contributed by atoms with E-state index in [9.17, 15) is 0 Å². The zero-order valence-electron chi connectivity index (χ0n) is 11.3. The van der Waals surface area contributed by atoms with Gasteiger partial charge in [-0.1, -0.05) is 24.3 Å². The first-order valence-corrected chi connectivity index (χ1v) is 6.53. The van der Waals surface area contributed by atoms with Crippen molar-refractivity contribution in [2.75, 3.05) is 12.8 Å². The summed E-state index contributed by atoms with van der Waals surface area (Å²) in [5.74, 6) is 1.43. The molecule has 1 aromatic heterocycles. The number of nitrogens with zero attached hydrogens (tertiary/aromatic N) is 1. The number of para-hydroxylation sites is 2. The van der Waals surface area contributed by atoms with Crippen LogP contribution in [0, 0.1) is 0 Å². The van der Waals surface area contributed by atoms with Gasteiger partial charge < -0.3 is 14.9 Å². The highest BCUT2D eigenvalue weighted by atomic mass is 16.5. The molecule has 0 amide bonds. The maximum Gasteiger partial charge on any atom is 0.195 e. The minimum absolute atomic E-state index is 0.702. The lowest BCUT2D eigenvalue weighted by atomic mass is 10.1. The van der Waals surface area contributed by atoms with Crippen LogP contribution in [0.5, 0.6) is 5.75 Å². The van der Waals surface area contributed by atoms with E-state index < -0.39 is 0 Å². The van der Waals surface area contributed by atoms with Crippen molar-refractivity contribution in [1.82, 2.24) is 4.98 Å². The number of nitrogens with two attached hydrogens (primary N) is 1. The van der Waals surface area contributed by atoms with Crippen LogP contribution in [-0.2, 0) is 12.8 Å². The van der Waals surface area contributed by atoms with Crippen LogP contribution in [0.1, 0.15) is 11.5 Å². The van der Waals surface area contributed by atoms with Gasteiger partial charge in [0.1, 0.15) is 5.75 Å². The molecule has 2 aromatic carbocycles. The fourth-order valence-electron chi connectivity index (χ4n) is 2.24. The second kappa shape index (κ2) is 5.25. The fraction of sp³-hybridized carbons (Fsp3) is 0.188. The van der Waals surface area contributed by atoms with Gasteiger partial charge in [-0.3, -0.25) is 0 Å². The number of hydrogen-bond donors (Lipinski definition) is 1. The van der Waals surface area contributed by atoms with Crippen LogP contribution in [0.4, 0.5) is 5.69 Å². The molecule has 0 radical (unpaired) electrons. The summed E-state index contributed by atoms with van der Waals surface area (Å²) in [5.41, 5.74) is 9.37. The van der Waals surface area contributed by atoms with E-state index in [-0.39, 0.29) is 0 Å². The van der Waals surface area contributed by atoms with Crippen molar-refractivity contribution in [1.29, 1.82) is 0 Å². The molecule has 4 heteroatoms. The van der Waals surface area contributed by atoms with Gasteiger partial charge in [-0.15, -0.1) is 0 Å². The molecule has 0 atom stereocenters. The summed E-state index contributed by atoms with van der Waals surface area (Å²) in [5, 5.41) is 0. The maximum atomic E-state index is 5.93. The number of methoxy groups -OCH3 is 1. The highest BCUT2D eigenvalue weighted by molar-refractivity contribution is 5.79. The van der Waals surface area contributed by atoms with E-state index in [2.05, 4.69) is 4.98 Å². The number of nitrogen functional groups attached to an aromatic ring is 1. The molecule has 102 valence electrons. The smallest absolute Gasteiger partial charge is 0.195 e. The zero-order chi connectivity index (χ0) is 13.9. The molecule has 0 aliphatic heterocycles. The van der Waals surface area contributed by atoms with Crippen LogP contribution >= 0.6 is 0 Å². The monoisotopic (exact) mass is 268 g/mol. The number of aromatic nitrogens is 1. The molecular weight excluding hydrogens is 252 g/mol. The van der Waals surface area contributed by atoms with Crippen LogP contribution in [0.2, 0.25) is 0 Å². The average molecular weight is 268 g/mol. The van der Waals surface area contributed by atoms with Gasteiger partial charge >= 0.3 is 0 Å². The maximum absolute atomic E-state index is 5.93. The van der Waals surface area contributed by atoms with Crippen LogP contribution in [-0.4, -0.2) is 12.1 Å². The summed E-state index contributed by atoms with van der Waals surface area (Å²) in [4.78, 5) is 4.50. The quantitative estimate of drug-likeness (QED) is 0.738. The molecule has 0 aliphatic rings. The predicted octanol–water partition coefficient (Wildman–Crippen LogP) is 3.20. The minimum Gasteiger partial charge on any atom is -0.494 e. The molecular formula is C16H16N2O2. The van der Waals surface area contributed by atoms with Gasteiger partial charge in [0.15, 0.2) is 17.0 Å². The lowest BCUT2D eigenvalue weighted by molar-refractivity contribution is 0.419. The third-order valence-electron chi connectivity index (χ3n) is 3.31. The Hall–Kier alpha value is -2.49. The fourth-order valence-corrected chi connectivity index (χ4v) is 2.24. The van der Waals surface area contributed by atoms with Crippen molar-refractivity contribution in [3.05, 3.63) is 53.9 Å². The molecule has 0 unspecified atom stereocenters. The van der Waals surface area contributed by atoms with Crippen LogP contribution in [0.25, 0.3) is 11.1 Å². The van der Waals surface area contributed by atoms with Gasteiger partial charge in [-0.05, 0) is 30.2 Å². The Morgan fingerprint density at radius 2 is 1.95 bits per heavy atom. The third-order valence-corrected chi connectivity index (χ3v) is 3.31. The lowest BCUT2D eigenvalue weighted by Crippen LogP contribution is -1.96. The van der Waals surface area contributed by atoms with Crippen molar-refractivity contribution in [3.8, 4) is 5.75 Å². The zero-order valence-corrected chi connectivity index (χ0v) is 11.3. The van der Waals surface area contributed by atoms with Crippen molar-refractivity contribution < 1.29 is 9.15 Å². The number of hydrogen-bond acceptors (Lipinski definition) is 4. The molecule has 3 aromatic rings. The summed E-state index contributed by atoms with van der Waals surface area (Å²) in [6.07, 6.45) is 1.52. The second-order valence-corrected chi connectivity index (χ2v) is 4.61. The van der Waals surface area contributed by atoms with Crippen molar-refractivity contribution in [3.63, 3.8) is 0 Å². The molecule has 0 saturated carbocycles. The molecule has 3 rings (SSSR count). The number of ether oxygens (including phenoxy) is 1. The predicted molar refractivity (Wildman–Crippen MR) is 78.8 cm³/mol. The molecule has 0 fully saturated rings. The minimum atomic E-state index is 0.702. The molecule has 0 bridgehead atoms. The van der Waals surface area contributed by atoms with Gasteiger partial charge in [0.2, 0.25) is 0 Å². The highest BCUT2D eigenvalue weighted by Gasteiger charge is 2.10. The molecule has 0 spiro atoms. The Balaban J connectivity index is 1.83. The summed E-state index contributed by atoms with van der Waals surface area (Å²) in [6, 6.07) is 13.5. The molecule has 0 saturated heterocycles. The second-order valence-electron chi connectivity index (χ2n) is 4.61. The Bertz CT molecular complexity index is 734. The molecule has 4 nitrogen and oxygen atoms in total. The largest absolute Gasteiger partial charge is 0.494 e. The van der Waals surface area contributed by atoms with Crippen molar-refractivity contribution >= 4 is 16.8 Å². The van der Waals surface area contributed by atoms with E-state index in [1.165, 1.54) is 0 Å². The highest BCUT2D eigenvalue weighted by Crippen LogP contribution is 2.26. The number of anilines is 1. The summed E-state index contributed by atoms with van der Waals surface area (Å²) >= 11 is 0. The first-order valence-electron chi connectivity index (χ1n) is 6.53. The number of fused-ring (bicyclic) bond motifs is 1. The molecule has 0 aliphatic carbocycles. The van der Waals surface area contributed by atoms with Gasteiger partial charge in [0.05, 0.1) is 7.11 Å². The van der Waals surface area contributed by atoms with Crippen LogP contribution in [0.15, 0.2) is 46.9 Å². The van der Waals surface area contributed by atoms with Crippen molar-refractivity contribution in [2.45, 2.75) is 12.8 Å². The first kappa shape index (κ1) is 12.5. The molecule has 2 N–H and O–H groups in total. The normalized spacial score (nSPS) is 10.8. The summed E-state index contributed by atoms with van der Waals surface area (Å²) in [7, 11) is 1.63. The van der Waals surface area contributed by atoms with E-state index in [1.54, 1.807) is 7.11 Å². The van der Waals surface area contributed by atoms with Crippen LogP contribution < -0.4 is 10.5 Å². The van der Waals surface area contributed by atoms with Crippen molar-refractivity contribution in [2.24, 2.45) is 0 Å². The number of aryl methyl sites for hydroxylation is 2. The third kappa shape index (κ3) is 2.32. The van der Waals surface area contributed by atoms with Gasteiger partial charge in [0, 0.05) is 12.1 Å². The van der Waals surface area contributed by atoms with Crippen LogP contribution in [0.3, 0.4) is 0 Å². The van der Waals surface area contributed by atoms with E-state index in [0.717, 1.165) is 34.5 Å². The van der Waals surface area contributed by atoms with E-state index in [1.807, 2.05) is 42.5 Å². The molecule has 1 heterocycles. The van der Waals surface area contributed by atoms with E-state index in [4.69, 9.17) is 14.9 Å². The SMILES string of the molecule is COc1cccc2oc(CCc3ccccc3N)nc12. The Morgan fingerprint density at radius 1 is 1.10 bits per heavy atom. The van der Waals surface area contributed by atoms with E-state index in [0.29, 0.717) is 12.3 Å². The lowest BCUT2D eigenvalue weighted by Gasteiger charge is -2.02. The number of rotatable bonds is 4. The Labute approximate surface area is 117 Å².